The third kappa shape index (κ3) is 6.48. The van der Waals surface area contributed by atoms with Gasteiger partial charge in [-0.1, -0.05) is 36.0 Å². The van der Waals surface area contributed by atoms with Crippen molar-refractivity contribution in [2.24, 2.45) is 9.98 Å². The third-order valence-electron chi connectivity index (χ3n) is 6.72. The van der Waals surface area contributed by atoms with Crippen LogP contribution < -0.4 is 15.4 Å². The molecular formula is C28H31N5O5S. The van der Waals surface area contributed by atoms with E-state index >= 15 is 0 Å². The summed E-state index contributed by atoms with van der Waals surface area (Å²) in [5.41, 5.74) is 2.40. The Kier molecular flexibility index (Phi) is 8.58. The van der Waals surface area contributed by atoms with Gasteiger partial charge in [-0.15, -0.1) is 0 Å². The predicted molar refractivity (Wildman–Crippen MR) is 149 cm³/mol. The minimum Gasteiger partial charge on any atom is -0.497 e. The lowest BCUT2D eigenvalue weighted by Crippen LogP contribution is -2.42. The van der Waals surface area contributed by atoms with Crippen molar-refractivity contribution < 1.29 is 23.9 Å². The van der Waals surface area contributed by atoms with Crippen molar-refractivity contribution in [2.75, 3.05) is 26.0 Å². The molecule has 5 rings (SSSR count). The number of carbonyl (C=O) groups excluding carboxylic acids is 3. The SMILES string of the molecule is COc1ccc(CNC(=O)CC[C@H]2N=C3c4ccccc4N=C(SCC(=O)NC[C@@H]4CCCO4)N3C2=O)cc1. The Balaban J connectivity index is 1.19. The number of hydrogen-bond acceptors (Lipinski definition) is 8. The second kappa shape index (κ2) is 12.4. The Morgan fingerprint density at radius 3 is 2.72 bits per heavy atom. The van der Waals surface area contributed by atoms with Gasteiger partial charge in [-0.25, -0.2) is 9.89 Å². The van der Waals surface area contributed by atoms with E-state index in [-0.39, 0.29) is 42.4 Å². The number of aliphatic imine (C=N–C) groups is 2. The minimum absolute atomic E-state index is 0.0610. The molecule has 10 nitrogen and oxygen atoms in total. The maximum atomic E-state index is 13.4. The fourth-order valence-electron chi connectivity index (χ4n) is 4.60. The first-order valence-corrected chi connectivity index (χ1v) is 14.0. The molecule has 39 heavy (non-hydrogen) atoms. The zero-order valence-electron chi connectivity index (χ0n) is 21.7. The van der Waals surface area contributed by atoms with E-state index in [4.69, 9.17) is 14.5 Å². The fourth-order valence-corrected chi connectivity index (χ4v) is 5.43. The lowest BCUT2D eigenvalue weighted by Gasteiger charge is -2.25. The summed E-state index contributed by atoms with van der Waals surface area (Å²) < 4.78 is 10.7. The summed E-state index contributed by atoms with van der Waals surface area (Å²) in [6.45, 7) is 1.60. The number of benzene rings is 2. The van der Waals surface area contributed by atoms with Crippen molar-refractivity contribution in [3.63, 3.8) is 0 Å². The van der Waals surface area contributed by atoms with E-state index in [1.54, 1.807) is 7.11 Å². The molecule has 3 amide bonds. The molecule has 3 aliphatic heterocycles. The molecule has 1 fully saturated rings. The molecule has 0 radical (unpaired) electrons. The Labute approximate surface area is 231 Å². The Morgan fingerprint density at radius 1 is 1.13 bits per heavy atom. The third-order valence-corrected chi connectivity index (χ3v) is 7.66. The molecule has 2 aromatic rings. The summed E-state index contributed by atoms with van der Waals surface area (Å²) in [6, 6.07) is 14.2. The number of fused-ring (bicyclic) bond motifs is 3. The molecule has 0 unspecified atom stereocenters. The lowest BCUT2D eigenvalue weighted by molar-refractivity contribution is -0.125. The van der Waals surface area contributed by atoms with Crippen LogP contribution in [0.2, 0.25) is 0 Å². The molecule has 11 heteroatoms. The molecule has 0 aliphatic carbocycles. The number of amidine groups is 2. The van der Waals surface area contributed by atoms with Crippen LogP contribution in [-0.4, -0.2) is 71.8 Å². The van der Waals surface area contributed by atoms with Crippen LogP contribution in [0, 0.1) is 0 Å². The Bertz CT molecular complexity index is 1290. The molecule has 204 valence electrons. The van der Waals surface area contributed by atoms with Gasteiger partial charge in [-0.3, -0.25) is 19.4 Å². The topological polar surface area (TPSA) is 122 Å². The second-order valence-electron chi connectivity index (χ2n) is 9.44. The van der Waals surface area contributed by atoms with Crippen LogP contribution in [0.5, 0.6) is 5.75 Å². The van der Waals surface area contributed by atoms with Crippen molar-refractivity contribution in [3.05, 3.63) is 59.7 Å². The Hall–Kier alpha value is -3.70. The quantitative estimate of drug-likeness (QED) is 0.470. The largest absolute Gasteiger partial charge is 0.497 e. The molecule has 0 saturated carbocycles. The summed E-state index contributed by atoms with van der Waals surface area (Å²) in [4.78, 5) is 49.3. The van der Waals surface area contributed by atoms with Gasteiger partial charge < -0.3 is 20.1 Å². The highest BCUT2D eigenvalue weighted by atomic mass is 32.2. The number of amides is 3. The molecule has 0 spiro atoms. The van der Waals surface area contributed by atoms with Crippen LogP contribution in [0.15, 0.2) is 58.5 Å². The van der Waals surface area contributed by atoms with E-state index in [0.717, 1.165) is 36.3 Å². The van der Waals surface area contributed by atoms with Gasteiger partial charge in [0.05, 0.1) is 24.7 Å². The summed E-state index contributed by atoms with van der Waals surface area (Å²) in [6.07, 6.45) is 2.45. The van der Waals surface area contributed by atoms with Gasteiger partial charge in [0.15, 0.2) is 5.17 Å². The lowest BCUT2D eigenvalue weighted by atomic mass is 10.1. The van der Waals surface area contributed by atoms with Crippen LogP contribution in [0.25, 0.3) is 0 Å². The van der Waals surface area contributed by atoms with Gasteiger partial charge in [-0.05, 0) is 49.1 Å². The number of rotatable bonds is 10. The average Bonchev–Trinajstić information content (AvgIpc) is 3.61. The van der Waals surface area contributed by atoms with Crippen molar-refractivity contribution in [2.45, 2.75) is 44.4 Å². The van der Waals surface area contributed by atoms with E-state index in [0.29, 0.717) is 29.8 Å². The van der Waals surface area contributed by atoms with E-state index in [1.165, 1.54) is 16.7 Å². The monoisotopic (exact) mass is 549 g/mol. The van der Waals surface area contributed by atoms with Crippen LogP contribution in [-0.2, 0) is 25.7 Å². The zero-order chi connectivity index (χ0) is 27.2. The van der Waals surface area contributed by atoms with Crippen LogP contribution in [0.4, 0.5) is 5.69 Å². The number of methoxy groups -OCH3 is 1. The van der Waals surface area contributed by atoms with Crippen LogP contribution in [0.1, 0.15) is 36.8 Å². The molecule has 3 heterocycles. The molecule has 2 N–H and O–H groups in total. The first-order chi connectivity index (χ1) is 19.0. The summed E-state index contributed by atoms with van der Waals surface area (Å²) >= 11 is 1.20. The molecule has 2 atom stereocenters. The molecule has 0 aromatic heterocycles. The van der Waals surface area contributed by atoms with Crippen molar-refractivity contribution in [3.8, 4) is 5.75 Å². The van der Waals surface area contributed by atoms with Gasteiger partial charge in [0.2, 0.25) is 11.8 Å². The molecular weight excluding hydrogens is 518 g/mol. The van der Waals surface area contributed by atoms with E-state index < -0.39 is 6.04 Å². The predicted octanol–water partition coefficient (Wildman–Crippen LogP) is 2.78. The zero-order valence-corrected chi connectivity index (χ0v) is 22.5. The Morgan fingerprint density at radius 2 is 1.95 bits per heavy atom. The number of para-hydroxylation sites is 1. The van der Waals surface area contributed by atoms with Crippen molar-refractivity contribution in [1.82, 2.24) is 15.5 Å². The summed E-state index contributed by atoms with van der Waals surface area (Å²) in [5.74, 6) is 0.832. The molecule has 2 aromatic carbocycles. The average molecular weight is 550 g/mol. The van der Waals surface area contributed by atoms with Crippen molar-refractivity contribution >= 4 is 46.2 Å². The first kappa shape index (κ1) is 26.9. The van der Waals surface area contributed by atoms with E-state index in [9.17, 15) is 14.4 Å². The number of nitrogens with zero attached hydrogens (tertiary/aromatic N) is 3. The normalized spacial score (nSPS) is 19.6. The minimum atomic E-state index is -0.697. The number of hydrogen-bond donors (Lipinski definition) is 2. The molecule has 0 bridgehead atoms. The smallest absolute Gasteiger partial charge is 0.259 e. The summed E-state index contributed by atoms with van der Waals surface area (Å²) in [7, 11) is 1.60. The number of carbonyl (C=O) groups is 3. The maximum absolute atomic E-state index is 13.4. The van der Waals surface area contributed by atoms with Crippen molar-refractivity contribution in [1.29, 1.82) is 0 Å². The standard InChI is InChI=1S/C28H31N5O5S/c1-37-19-10-8-18(9-11-19)15-29-24(34)13-12-23-27(36)33-26(31-23)21-6-2-3-7-22(21)32-28(33)39-17-25(35)30-16-20-5-4-14-38-20/h2-3,6-11,20,23H,4-5,12-17H2,1H3,(H,29,34)(H,30,35)/t20-,23+/m0/s1. The highest BCUT2D eigenvalue weighted by molar-refractivity contribution is 8.14. The second-order valence-corrected chi connectivity index (χ2v) is 10.4. The number of ether oxygens (including phenoxy) is 2. The van der Waals surface area contributed by atoms with Crippen LogP contribution in [0.3, 0.4) is 0 Å². The summed E-state index contributed by atoms with van der Waals surface area (Å²) in [5, 5.41) is 6.21. The van der Waals surface area contributed by atoms with Crippen LogP contribution >= 0.6 is 11.8 Å². The highest BCUT2D eigenvalue weighted by Crippen LogP contribution is 2.34. The van der Waals surface area contributed by atoms with E-state index in [2.05, 4.69) is 15.6 Å². The highest BCUT2D eigenvalue weighted by Gasteiger charge is 2.41. The van der Waals surface area contributed by atoms with E-state index in [1.807, 2.05) is 48.5 Å². The van der Waals surface area contributed by atoms with Gasteiger partial charge in [0.25, 0.3) is 5.91 Å². The van der Waals surface area contributed by atoms with Gasteiger partial charge >= 0.3 is 0 Å². The number of nitrogens with one attached hydrogen (secondary N) is 2. The van der Waals surface area contributed by atoms with Gasteiger partial charge in [0, 0.05) is 31.7 Å². The number of thioether (sulfide) groups is 1. The fraction of sp³-hybridized carbons (Fsp3) is 0.393. The first-order valence-electron chi connectivity index (χ1n) is 13.0. The molecule has 3 aliphatic rings. The molecule has 1 saturated heterocycles. The van der Waals surface area contributed by atoms with Gasteiger partial charge in [0.1, 0.15) is 17.6 Å². The van der Waals surface area contributed by atoms with Gasteiger partial charge in [-0.2, -0.15) is 0 Å². The maximum Gasteiger partial charge on any atom is 0.259 e.